The number of rotatable bonds is 4. The number of carbonyl (C=O) groups is 1. The predicted molar refractivity (Wildman–Crippen MR) is 62.7 cm³/mol. The Labute approximate surface area is 92.5 Å². The summed E-state index contributed by atoms with van der Waals surface area (Å²) in [6.45, 7) is 9.56. The molecule has 15 heavy (non-hydrogen) atoms. The lowest BCUT2D eigenvalue weighted by Gasteiger charge is -2.28. The fourth-order valence-electron chi connectivity index (χ4n) is 1.86. The molecule has 0 saturated heterocycles. The molecule has 0 aliphatic carbocycles. The van der Waals surface area contributed by atoms with Crippen molar-refractivity contribution < 1.29 is 4.79 Å². The van der Waals surface area contributed by atoms with E-state index in [1.54, 1.807) is 0 Å². The van der Waals surface area contributed by atoms with Gasteiger partial charge in [0, 0.05) is 25.6 Å². The quantitative estimate of drug-likeness (QED) is 0.712. The number of hydrogen-bond donors (Lipinski definition) is 1. The van der Waals surface area contributed by atoms with E-state index in [2.05, 4.69) is 25.2 Å². The molecule has 1 amide bonds. The Morgan fingerprint density at radius 2 is 2.40 bits per heavy atom. The first-order chi connectivity index (χ1) is 7.15. The van der Waals surface area contributed by atoms with Crippen LogP contribution in [0.25, 0.3) is 0 Å². The van der Waals surface area contributed by atoms with Gasteiger partial charge in [0.15, 0.2) is 0 Å². The molecule has 0 bridgehead atoms. The monoisotopic (exact) mass is 210 g/mol. The van der Waals surface area contributed by atoms with Crippen molar-refractivity contribution in [1.29, 1.82) is 0 Å². The van der Waals surface area contributed by atoms with Crippen molar-refractivity contribution in [2.24, 2.45) is 5.92 Å². The topological polar surface area (TPSA) is 32.3 Å². The fraction of sp³-hybridized carbons (Fsp3) is 0.750. The van der Waals surface area contributed by atoms with Crippen molar-refractivity contribution in [2.45, 2.75) is 27.2 Å². The number of nitrogens with zero attached hydrogens (tertiary/aromatic N) is 1. The van der Waals surface area contributed by atoms with Crippen LogP contribution in [0.3, 0.4) is 0 Å². The Bertz CT molecular complexity index is 248. The standard InChI is InChI=1S/C12H22N2O/c1-4-13-8-11(3)12(15)14-7-5-6-10(2)9-14/h6,11,13H,4-5,7-9H2,1-3H3. The van der Waals surface area contributed by atoms with Crippen LogP contribution in [0.1, 0.15) is 27.2 Å². The maximum absolute atomic E-state index is 12.0. The maximum Gasteiger partial charge on any atom is 0.226 e. The zero-order valence-corrected chi connectivity index (χ0v) is 10.0. The summed E-state index contributed by atoms with van der Waals surface area (Å²) in [5.41, 5.74) is 1.31. The third kappa shape index (κ3) is 3.67. The molecule has 1 atom stereocenters. The van der Waals surface area contributed by atoms with Crippen LogP contribution in [0.15, 0.2) is 11.6 Å². The van der Waals surface area contributed by atoms with Gasteiger partial charge in [0.05, 0.1) is 0 Å². The maximum atomic E-state index is 12.0. The Morgan fingerprint density at radius 1 is 1.67 bits per heavy atom. The summed E-state index contributed by atoms with van der Waals surface area (Å²) in [7, 11) is 0. The second-order valence-electron chi connectivity index (χ2n) is 4.31. The van der Waals surface area contributed by atoms with Crippen molar-refractivity contribution in [1.82, 2.24) is 10.2 Å². The van der Waals surface area contributed by atoms with Gasteiger partial charge in [-0.1, -0.05) is 25.5 Å². The normalized spacial score (nSPS) is 18.6. The van der Waals surface area contributed by atoms with Crippen LogP contribution >= 0.6 is 0 Å². The second-order valence-corrected chi connectivity index (χ2v) is 4.31. The van der Waals surface area contributed by atoms with E-state index in [0.29, 0.717) is 0 Å². The minimum Gasteiger partial charge on any atom is -0.338 e. The van der Waals surface area contributed by atoms with Gasteiger partial charge < -0.3 is 10.2 Å². The molecule has 0 aromatic rings. The molecular weight excluding hydrogens is 188 g/mol. The van der Waals surface area contributed by atoms with Gasteiger partial charge in [-0.05, 0) is 19.9 Å². The van der Waals surface area contributed by atoms with Crippen molar-refractivity contribution in [3.8, 4) is 0 Å². The Morgan fingerprint density at radius 3 is 3.00 bits per heavy atom. The molecule has 1 rings (SSSR count). The molecule has 3 nitrogen and oxygen atoms in total. The van der Waals surface area contributed by atoms with Crippen molar-refractivity contribution in [2.75, 3.05) is 26.2 Å². The highest BCUT2D eigenvalue weighted by molar-refractivity contribution is 5.79. The molecule has 0 aromatic carbocycles. The lowest BCUT2D eigenvalue weighted by Crippen LogP contribution is -2.41. The molecule has 0 saturated carbocycles. The molecule has 1 unspecified atom stereocenters. The summed E-state index contributed by atoms with van der Waals surface area (Å²) in [5, 5.41) is 3.22. The molecular formula is C12H22N2O. The number of hydrogen-bond acceptors (Lipinski definition) is 2. The molecule has 0 fully saturated rings. The van der Waals surface area contributed by atoms with Gasteiger partial charge >= 0.3 is 0 Å². The molecule has 86 valence electrons. The van der Waals surface area contributed by atoms with E-state index in [9.17, 15) is 4.79 Å². The lowest BCUT2D eigenvalue weighted by atomic mass is 10.1. The van der Waals surface area contributed by atoms with Crippen LogP contribution in [0.4, 0.5) is 0 Å². The molecule has 1 aliphatic heterocycles. The van der Waals surface area contributed by atoms with E-state index in [0.717, 1.165) is 32.6 Å². The third-order valence-electron chi connectivity index (χ3n) is 2.77. The van der Waals surface area contributed by atoms with Crippen LogP contribution in [0.2, 0.25) is 0 Å². The Hall–Kier alpha value is -0.830. The first-order valence-electron chi connectivity index (χ1n) is 5.80. The van der Waals surface area contributed by atoms with Crippen LogP contribution in [-0.4, -0.2) is 37.0 Å². The van der Waals surface area contributed by atoms with Crippen molar-refractivity contribution >= 4 is 5.91 Å². The van der Waals surface area contributed by atoms with E-state index < -0.39 is 0 Å². The SMILES string of the molecule is CCNCC(C)C(=O)N1CCC=C(C)C1. The van der Waals surface area contributed by atoms with Crippen LogP contribution in [-0.2, 0) is 4.79 Å². The second kappa shape index (κ2) is 5.91. The van der Waals surface area contributed by atoms with Crippen LogP contribution in [0.5, 0.6) is 0 Å². The zero-order valence-electron chi connectivity index (χ0n) is 10.0. The Balaban J connectivity index is 2.42. The van der Waals surface area contributed by atoms with Crippen LogP contribution < -0.4 is 5.32 Å². The lowest BCUT2D eigenvalue weighted by molar-refractivity contribution is -0.134. The molecule has 1 N–H and O–H groups in total. The summed E-state index contributed by atoms with van der Waals surface area (Å²) in [6.07, 6.45) is 3.23. The van der Waals surface area contributed by atoms with Gasteiger partial charge in [-0.15, -0.1) is 0 Å². The highest BCUT2D eigenvalue weighted by Gasteiger charge is 2.21. The summed E-state index contributed by atoms with van der Waals surface area (Å²) in [6, 6.07) is 0. The average molecular weight is 210 g/mol. The summed E-state index contributed by atoms with van der Waals surface area (Å²) in [4.78, 5) is 14.0. The largest absolute Gasteiger partial charge is 0.338 e. The summed E-state index contributed by atoms with van der Waals surface area (Å²) >= 11 is 0. The van der Waals surface area contributed by atoms with Gasteiger partial charge in [-0.25, -0.2) is 0 Å². The molecule has 1 heterocycles. The van der Waals surface area contributed by atoms with Crippen molar-refractivity contribution in [3.05, 3.63) is 11.6 Å². The number of amides is 1. The minimum atomic E-state index is 0.0934. The first-order valence-corrected chi connectivity index (χ1v) is 5.80. The predicted octanol–water partition coefficient (Wildman–Crippen LogP) is 1.41. The molecule has 0 radical (unpaired) electrons. The van der Waals surface area contributed by atoms with E-state index in [-0.39, 0.29) is 11.8 Å². The van der Waals surface area contributed by atoms with Gasteiger partial charge in [0.25, 0.3) is 0 Å². The van der Waals surface area contributed by atoms with Gasteiger partial charge in [0.2, 0.25) is 5.91 Å². The average Bonchev–Trinajstić information content (AvgIpc) is 2.24. The van der Waals surface area contributed by atoms with E-state index in [1.807, 2.05) is 11.8 Å². The zero-order chi connectivity index (χ0) is 11.3. The fourth-order valence-corrected chi connectivity index (χ4v) is 1.86. The first kappa shape index (κ1) is 12.2. The molecule has 0 aromatic heterocycles. The highest BCUT2D eigenvalue weighted by Crippen LogP contribution is 2.11. The minimum absolute atomic E-state index is 0.0934. The van der Waals surface area contributed by atoms with Crippen LogP contribution in [0, 0.1) is 5.92 Å². The molecule has 3 heteroatoms. The molecule has 0 spiro atoms. The molecule has 1 aliphatic rings. The van der Waals surface area contributed by atoms with E-state index in [1.165, 1.54) is 5.57 Å². The van der Waals surface area contributed by atoms with Gasteiger partial charge in [-0.3, -0.25) is 4.79 Å². The summed E-state index contributed by atoms with van der Waals surface area (Å²) in [5.74, 6) is 0.374. The Kier molecular flexibility index (Phi) is 4.82. The smallest absolute Gasteiger partial charge is 0.226 e. The number of nitrogens with one attached hydrogen (secondary N) is 1. The van der Waals surface area contributed by atoms with E-state index >= 15 is 0 Å². The summed E-state index contributed by atoms with van der Waals surface area (Å²) < 4.78 is 0. The van der Waals surface area contributed by atoms with E-state index in [4.69, 9.17) is 0 Å². The van der Waals surface area contributed by atoms with Crippen molar-refractivity contribution in [3.63, 3.8) is 0 Å². The number of carbonyl (C=O) groups excluding carboxylic acids is 1. The van der Waals surface area contributed by atoms with Gasteiger partial charge in [-0.2, -0.15) is 0 Å². The third-order valence-corrected chi connectivity index (χ3v) is 2.77. The van der Waals surface area contributed by atoms with Gasteiger partial charge in [0.1, 0.15) is 0 Å². The highest BCUT2D eigenvalue weighted by atomic mass is 16.2.